The van der Waals surface area contributed by atoms with E-state index in [1.807, 2.05) is 48.3 Å². The van der Waals surface area contributed by atoms with Gasteiger partial charge in [0.1, 0.15) is 0 Å². The van der Waals surface area contributed by atoms with E-state index in [-0.39, 0.29) is 5.78 Å². The molecule has 0 aliphatic rings. The molecule has 0 aliphatic heterocycles. The quantitative estimate of drug-likeness (QED) is 0.766. The number of carbonyl (C=O) groups excluding carboxylic acids is 1. The van der Waals surface area contributed by atoms with Crippen molar-refractivity contribution in [2.75, 3.05) is 11.9 Å². The van der Waals surface area contributed by atoms with Crippen molar-refractivity contribution in [1.82, 2.24) is 0 Å². The number of para-hydroxylation sites is 1. The van der Waals surface area contributed by atoms with Gasteiger partial charge in [0.05, 0.1) is 10.7 Å². The van der Waals surface area contributed by atoms with Crippen LogP contribution in [-0.2, 0) is 0 Å². The fourth-order valence-corrected chi connectivity index (χ4v) is 2.10. The minimum atomic E-state index is 0.0193. The second-order valence-corrected chi connectivity index (χ2v) is 4.52. The predicted octanol–water partition coefficient (Wildman–Crippen LogP) is 4.31. The number of hydrogen-bond donors (Lipinski definition) is 0. The summed E-state index contributed by atoms with van der Waals surface area (Å²) in [6.45, 7) is 1.53. The second kappa shape index (κ2) is 5.23. The van der Waals surface area contributed by atoms with Gasteiger partial charge in [0, 0.05) is 18.3 Å². The summed E-state index contributed by atoms with van der Waals surface area (Å²) < 4.78 is 0. The molecule has 0 N–H and O–H groups in total. The molecule has 0 heterocycles. The number of nitrogens with zero attached hydrogens (tertiary/aromatic N) is 1. The van der Waals surface area contributed by atoms with Crippen molar-refractivity contribution in [2.45, 2.75) is 6.92 Å². The predicted molar refractivity (Wildman–Crippen MR) is 76.0 cm³/mol. The van der Waals surface area contributed by atoms with Crippen LogP contribution in [0, 0.1) is 0 Å². The van der Waals surface area contributed by atoms with Gasteiger partial charge in [0.15, 0.2) is 5.78 Å². The summed E-state index contributed by atoms with van der Waals surface area (Å²) in [5.41, 5.74) is 2.56. The lowest BCUT2D eigenvalue weighted by atomic mass is 10.1. The molecule has 0 spiro atoms. The Morgan fingerprint density at radius 1 is 1.11 bits per heavy atom. The van der Waals surface area contributed by atoms with E-state index < -0.39 is 0 Å². The number of ketones is 1. The van der Waals surface area contributed by atoms with E-state index in [2.05, 4.69) is 0 Å². The maximum absolute atomic E-state index is 11.3. The fraction of sp³-hybridized carbons (Fsp3) is 0.133. The van der Waals surface area contributed by atoms with Crippen LogP contribution in [0.4, 0.5) is 11.4 Å². The molecule has 0 unspecified atom stereocenters. The molecule has 0 bridgehead atoms. The van der Waals surface area contributed by atoms with Crippen molar-refractivity contribution in [3.63, 3.8) is 0 Å². The Bertz CT molecular complexity index is 566. The van der Waals surface area contributed by atoms with E-state index in [0.29, 0.717) is 10.6 Å². The first-order chi connectivity index (χ1) is 8.59. The monoisotopic (exact) mass is 259 g/mol. The van der Waals surface area contributed by atoms with E-state index in [0.717, 1.165) is 11.4 Å². The van der Waals surface area contributed by atoms with Crippen LogP contribution in [0.2, 0.25) is 5.02 Å². The third kappa shape index (κ3) is 2.54. The van der Waals surface area contributed by atoms with Gasteiger partial charge in [-0.1, -0.05) is 29.8 Å². The SMILES string of the molecule is CC(=O)c1ccc(N(C)c2ccccc2)c(Cl)c1. The van der Waals surface area contributed by atoms with E-state index in [1.165, 1.54) is 6.92 Å². The third-order valence-electron chi connectivity index (χ3n) is 2.86. The van der Waals surface area contributed by atoms with Crippen LogP contribution in [-0.4, -0.2) is 12.8 Å². The molecule has 2 nitrogen and oxygen atoms in total. The smallest absolute Gasteiger partial charge is 0.159 e. The summed E-state index contributed by atoms with van der Waals surface area (Å²) in [6, 6.07) is 15.3. The molecule has 2 aromatic rings. The second-order valence-electron chi connectivity index (χ2n) is 4.12. The molecule has 0 aliphatic carbocycles. The molecule has 0 atom stereocenters. The maximum atomic E-state index is 11.3. The van der Waals surface area contributed by atoms with Gasteiger partial charge in [-0.2, -0.15) is 0 Å². The number of halogens is 1. The van der Waals surface area contributed by atoms with E-state index in [1.54, 1.807) is 12.1 Å². The van der Waals surface area contributed by atoms with Crippen LogP contribution in [0.3, 0.4) is 0 Å². The lowest BCUT2D eigenvalue weighted by Crippen LogP contribution is -2.10. The first-order valence-electron chi connectivity index (χ1n) is 5.69. The molecule has 0 saturated heterocycles. The molecule has 2 aromatic carbocycles. The summed E-state index contributed by atoms with van der Waals surface area (Å²) in [5.74, 6) is 0.0193. The lowest BCUT2D eigenvalue weighted by molar-refractivity contribution is 0.101. The van der Waals surface area contributed by atoms with Crippen LogP contribution in [0.5, 0.6) is 0 Å². The molecule has 0 radical (unpaired) electrons. The number of anilines is 2. The summed E-state index contributed by atoms with van der Waals surface area (Å²) in [7, 11) is 1.95. The van der Waals surface area contributed by atoms with Crippen molar-refractivity contribution in [1.29, 1.82) is 0 Å². The molecule has 0 amide bonds. The Hall–Kier alpha value is -1.80. The van der Waals surface area contributed by atoms with Crippen LogP contribution < -0.4 is 4.90 Å². The molecule has 92 valence electrons. The highest BCUT2D eigenvalue weighted by Crippen LogP contribution is 2.31. The largest absolute Gasteiger partial charge is 0.343 e. The van der Waals surface area contributed by atoms with Crippen LogP contribution in [0.1, 0.15) is 17.3 Å². The van der Waals surface area contributed by atoms with Gasteiger partial charge in [-0.25, -0.2) is 0 Å². The highest BCUT2D eigenvalue weighted by Gasteiger charge is 2.09. The molecule has 18 heavy (non-hydrogen) atoms. The number of rotatable bonds is 3. The molecular formula is C15H14ClNO. The third-order valence-corrected chi connectivity index (χ3v) is 3.16. The molecule has 3 heteroatoms. The minimum absolute atomic E-state index is 0.0193. The normalized spacial score (nSPS) is 10.2. The molecular weight excluding hydrogens is 246 g/mol. The Balaban J connectivity index is 2.37. The van der Waals surface area contributed by atoms with Crippen molar-refractivity contribution in [3.8, 4) is 0 Å². The van der Waals surface area contributed by atoms with E-state index in [4.69, 9.17) is 11.6 Å². The average molecular weight is 260 g/mol. The average Bonchev–Trinajstić information content (AvgIpc) is 2.38. The van der Waals surface area contributed by atoms with Crippen molar-refractivity contribution in [2.24, 2.45) is 0 Å². The van der Waals surface area contributed by atoms with Gasteiger partial charge < -0.3 is 4.90 Å². The summed E-state index contributed by atoms with van der Waals surface area (Å²) in [6.07, 6.45) is 0. The number of hydrogen-bond acceptors (Lipinski definition) is 2. The fourth-order valence-electron chi connectivity index (χ4n) is 1.79. The maximum Gasteiger partial charge on any atom is 0.159 e. The van der Waals surface area contributed by atoms with Gasteiger partial charge in [-0.05, 0) is 37.3 Å². The molecule has 2 rings (SSSR count). The summed E-state index contributed by atoms with van der Waals surface area (Å²) >= 11 is 6.22. The van der Waals surface area contributed by atoms with Crippen molar-refractivity contribution in [3.05, 3.63) is 59.1 Å². The van der Waals surface area contributed by atoms with Gasteiger partial charge in [0.25, 0.3) is 0 Å². The van der Waals surface area contributed by atoms with Crippen LogP contribution in [0.25, 0.3) is 0 Å². The highest BCUT2D eigenvalue weighted by molar-refractivity contribution is 6.33. The lowest BCUT2D eigenvalue weighted by Gasteiger charge is -2.21. The molecule has 0 fully saturated rings. The zero-order valence-electron chi connectivity index (χ0n) is 10.4. The van der Waals surface area contributed by atoms with Gasteiger partial charge in [-0.15, -0.1) is 0 Å². The highest BCUT2D eigenvalue weighted by atomic mass is 35.5. The van der Waals surface area contributed by atoms with Gasteiger partial charge in [0.2, 0.25) is 0 Å². The number of carbonyl (C=O) groups is 1. The molecule has 0 saturated carbocycles. The van der Waals surface area contributed by atoms with E-state index >= 15 is 0 Å². The zero-order chi connectivity index (χ0) is 13.1. The minimum Gasteiger partial charge on any atom is -0.343 e. The topological polar surface area (TPSA) is 20.3 Å². The zero-order valence-corrected chi connectivity index (χ0v) is 11.1. The Morgan fingerprint density at radius 2 is 1.78 bits per heavy atom. The van der Waals surface area contributed by atoms with Gasteiger partial charge in [-0.3, -0.25) is 4.79 Å². The number of benzene rings is 2. The standard InChI is InChI=1S/C15H14ClNO/c1-11(18)12-8-9-15(14(16)10-12)17(2)13-6-4-3-5-7-13/h3-10H,1-2H3. The summed E-state index contributed by atoms with van der Waals surface area (Å²) in [4.78, 5) is 13.3. The Kier molecular flexibility index (Phi) is 3.68. The summed E-state index contributed by atoms with van der Waals surface area (Å²) in [5, 5.41) is 0.578. The molecule has 0 aromatic heterocycles. The first kappa shape index (κ1) is 12.7. The van der Waals surface area contributed by atoms with E-state index in [9.17, 15) is 4.79 Å². The number of Topliss-reactive ketones (excluding diaryl/α,β-unsaturated/α-hetero) is 1. The Labute approximate surface area is 112 Å². The first-order valence-corrected chi connectivity index (χ1v) is 6.06. The van der Waals surface area contributed by atoms with Crippen molar-refractivity contribution >= 4 is 28.8 Å². The van der Waals surface area contributed by atoms with Crippen molar-refractivity contribution < 1.29 is 4.79 Å². The van der Waals surface area contributed by atoms with Gasteiger partial charge >= 0.3 is 0 Å². The van der Waals surface area contributed by atoms with Crippen LogP contribution in [0.15, 0.2) is 48.5 Å². The van der Waals surface area contributed by atoms with Crippen LogP contribution >= 0.6 is 11.6 Å². The Morgan fingerprint density at radius 3 is 2.33 bits per heavy atom.